The summed E-state index contributed by atoms with van der Waals surface area (Å²) in [6, 6.07) is 11.4. The Bertz CT molecular complexity index is 777. The lowest BCUT2D eigenvalue weighted by Gasteiger charge is -2.04. The average Bonchev–Trinajstić information content (AvgIpc) is 2.39. The molecule has 88 valence electrons. The molecule has 0 radical (unpaired) electrons. The average molecular weight is 239 g/mol. The van der Waals surface area contributed by atoms with Crippen LogP contribution < -0.4 is 5.43 Å². The lowest BCUT2D eigenvalue weighted by Crippen LogP contribution is -2.02. The molecule has 18 heavy (non-hydrogen) atoms. The van der Waals surface area contributed by atoms with E-state index in [2.05, 4.69) is 4.98 Å². The largest absolute Gasteiger partial charge is 0.507 e. The summed E-state index contributed by atoms with van der Waals surface area (Å²) in [4.78, 5) is 15.8. The van der Waals surface area contributed by atoms with Crippen LogP contribution in [-0.4, -0.2) is 10.1 Å². The van der Waals surface area contributed by atoms with Gasteiger partial charge in [0.25, 0.3) is 0 Å². The van der Waals surface area contributed by atoms with Gasteiger partial charge in [-0.25, -0.2) is 4.98 Å². The molecule has 0 atom stereocenters. The highest BCUT2D eigenvalue weighted by Gasteiger charge is 2.10. The number of benzene rings is 1. The molecule has 1 aromatic carbocycles. The molecule has 0 bridgehead atoms. The number of phenolic OH excluding ortho intramolecular Hbond substituents is 1. The predicted octanol–water partition coefficient (Wildman–Crippen LogP) is 2.56. The molecule has 0 aliphatic rings. The van der Waals surface area contributed by atoms with Gasteiger partial charge in [-0.1, -0.05) is 12.1 Å². The van der Waals surface area contributed by atoms with E-state index in [4.69, 9.17) is 4.42 Å². The first-order valence-corrected chi connectivity index (χ1v) is 5.43. The Balaban J connectivity index is 2.32. The van der Waals surface area contributed by atoms with Crippen molar-refractivity contribution in [2.45, 2.75) is 0 Å². The van der Waals surface area contributed by atoms with Gasteiger partial charge in [-0.05, 0) is 24.3 Å². The first kappa shape index (κ1) is 10.5. The van der Waals surface area contributed by atoms with Gasteiger partial charge >= 0.3 is 0 Å². The number of aromatic hydroxyl groups is 1. The van der Waals surface area contributed by atoms with Crippen molar-refractivity contribution in [2.24, 2.45) is 0 Å². The summed E-state index contributed by atoms with van der Waals surface area (Å²) in [5, 5.41) is 9.75. The van der Waals surface area contributed by atoms with Crippen molar-refractivity contribution in [2.75, 3.05) is 0 Å². The first-order valence-electron chi connectivity index (χ1n) is 5.43. The second kappa shape index (κ2) is 4.00. The van der Waals surface area contributed by atoms with Crippen LogP contribution in [0.25, 0.3) is 22.4 Å². The van der Waals surface area contributed by atoms with Gasteiger partial charge in [0.1, 0.15) is 11.5 Å². The van der Waals surface area contributed by atoms with Gasteiger partial charge in [-0.2, -0.15) is 0 Å². The molecule has 0 fully saturated rings. The summed E-state index contributed by atoms with van der Waals surface area (Å²) in [5.74, 6) is 0.405. The number of hydrogen-bond donors (Lipinski definition) is 1. The van der Waals surface area contributed by atoms with Gasteiger partial charge in [-0.3, -0.25) is 4.79 Å². The molecule has 3 rings (SSSR count). The van der Waals surface area contributed by atoms with Crippen LogP contribution >= 0.6 is 0 Å². The Morgan fingerprint density at radius 2 is 1.94 bits per heavy atom. The molecule has 0 aliphatic heterocycles. The molecule has 3 aromatic rings. The van der Waals surface area contributed by atoms with Crippen molar-refractivity contribution in [3.05, 3.63) is 58.9 Å². The number of nitrogens with zero attached hydrogens (tertiary/aromatic N) is 1. The number of phenols is 1. The molecule has 1 N–H and O–H groups in total. The lowest BCUT2D eigenvalue weighted by atomic mass is 10.1. The number of hydrogen-bond acceptors (Lipinski definition) is 4. The zero-order valence-corrected chi connectivity index (χ0v) is 9.33. The Hall–Kier alpha value is -2.62. The molecule has 0 amide bonds. The van der Waals surface area contributed by atoms with E-state index in [9.17, 15) is 9.90 Å². The van der Waals surface area contributed by atoms with Gasteiger partial charge in [0, 0.05) is 12.3 Å². The van der Waals surface area contributed by atoms with E-state index in [1.165, 1.54) is 6.07 Å². The van der Waals surface area contributed by atoms with Crippen molar-refractivity contribution in [3.8, 4) is 17.1 Å². The second-order valence-corrected chi connectivity index (χ2v) is 3.84. The minimum atomic E-state index is -0.227. The van der Waals surface area contributed by atoms with Gasteiger partial charge in [0.15, 0.2) is 11.1 Å². The molecule has 0 aliphatic carbocycles. The van der Waals surface area contributed by atoms with Crippen LogP contribution in [0.1, 0.15) is 0 Å². The molecule has 0 unspecified atom stereocenters. The van der Waals surface area contributed by atoms with Crippen LogP contribution in [-0.2, 0) is 0 Å². The molecular formula is C14H9NO3. The molecule has 2 aromatic heterocycles. The molecule has 0 saturated heterocycles. The van der Waals surface area contributed by atoms with E-state index in [-0.39, 0.29) is 16.7 Å². The van der Waals surface area contributed by atoms with Gasteiger partial charge < -0.3 is 9.52 Å². The first-order chi connectivity index (χ1) is 8.75. The van der Waals surface area contributed by atoms with E-state index >= 15 is 0 Å². The van der Waals surface area contributed by atoms with Crippen LogP contribution in [0, 0.1) is 0 Å². The normalized spacial score (nSPS) is 10.7. The maximum atomic E-state index is 11.9. The highest BCUT2D eigenvalue weighted by Crippen LogP contribution is 2.28. The third-order valence-electron chi connectivity index (χ3n) is 2.66. The summed E-state index contributed by atoms with van der Waals surface area (Å²) in [5.41, 5.74) is 0.954. The van der Waals surface area contributed by atoms with Crippen LogP contribution in [0.3, 0.4) is 0 Å². The van der Waals surface area contributed by atoms with Crippen molar-refractivity contribution < 1.29 is 9.52 Å². The van der Waals surface area contributed by atoms with Crippen molar-refractivity contribution in [3.63, 3.8) is 0 Å². The third-order valence-corrected chi connectivity index (χ3v) is 2.66. The quantitative estimate of drug-likeness (QED) is 0.708. The van der Waals surface area contributed by atoms with Gasteiger partial charge in [0.05, 0.1) is 5.56 Å². The van der Waals surface area contributed by atoms with Crippen LogP contribution in [0.15, 0.2) is 57.9 Å². The number of pyridine rings is 1. The fourth-order valence-electron chi connectivity index (χ4n) is 1.81. The fraction of sp³-hybridized carbons (Fsp3) is 0. The minimum Gasteiger partial charge on any atom is -0.507 e. The fourth-order valence-corrected chi connectivity index (χ4v) is 1.81. The van der Waals surface area contributed by atoms with E-state index in [1.807, 2.05) is 0 Å². The highest BCUT2D eigenvalue weighted by molar-refractivity contribution is 5.75. The number of aromatic nitrogens is 1. The number of fused-ring (bicyclic) bond motifs is 1. The Morgan fingerprint density at radius 3 is 2.78 bits per heavy atom. The lowest BCUT2D eigenvalue weighted by molar-refractivity contribution is 0.474. The van der Waals surface area contributed by atoms with Crippen molar-refractivity contribution >= 4 is 11.1 Å². The van der Waals surface area contributed by atoms with Crippen molar-refractivity contribution in [1.82, 2.24) is 4.98 Å². The Morgan fingerprint density at radius 1 is 1.11 bits per heavy atom. The molecule has 0 spiro atoms. The third kappa shape index (κ3) is 1.64. The Kier molecular flexibility index (Phi) is 2.34. The molecule has 0 saturated carbocycles. The van der Waals surface area contributed by atoms with Crippen LogP contribution in [0.4, 0.5) is 0 Å². The van der Waals surface area contributed by atoms with Gasteiger partial charge in [-0.15, -0.1) is 0 Å². The molecular weight excluding hydrogens is 230 g/mol. The van der Waals surface area contributed by atoms with E-state index in [1.54, 1.807) is 42.6 Å². The topological polar surface area (TPSA) is 63.3 Å². The maximum Gasteiger partial charge on any atom is 0.211 e. The molecule has 4 nitrogen and oxygen atoms in total. The Labute approximate surface area is 102 Å². The zero-order chi connectivity index (χ0) is 12.5. The SMILES string of the molecule is O=c1cc(-c2ccccc2O)oc2cccnc12. The predicted molar refractivity (Wildman–Crippen MR) is 67.4 cm³/mol. The van der Waals surface area contributed by atoms with E-state index in [0.29, 0.717) is 16.9 Å². The number of para-hydroxylation sites is 1. The van der Waals surface area contributed by atoms with E-state index in [0.717, 1.165) is 0 Å². The summed E-state index contributed by atoms with van der Waals surface area (Å²) in [6.45, 7) is 0. The van der Waals surface area contributed by atoms with Crippen molar-refractivity contribution in [1.29, 1.82) is 0 Å². The zero-order valence-electron chi connectivity index (χ0n) is 9.33. The van der Waals surface area contributed by atoms with Crippen LogP contribution in [0.5, 0.6) is 5.75 Å². The highest BCUT2D eigenvalue weighted by atomic mass is 16.3. The summed E-state index contributed by atoms with van der Waals surface area (Å²) < 4.78 is 5.59. The van der Waals surface area contributed by atoms with Crippen LogP contribution in [0.2, 0.25) is 0 Å². The van der Waals surface area contributed by atoms with Gasteiger partial charge in [0.2, 0.25) is 5.43 Å². The maximum absolute atomic E-state index is 11.9. The monoisotopic (exact) mass is 239 g/mol. The summed E-state index contributed by atoms with van der Waals surface area (Å²) >= 11 is 0. The molecule has 4 heteroatoms. The van der Waals surface area contributed by atoms with E-state index < -0.39 is 0 Å². The number of rotatable bonds is 1. The summed E-state index contributed by atoms with van der Waals surface area (Å²) in [6.07, 6.45) is 1.54. The summed E-state index contributed by atoms with van der Waals surface area (Å²) in [7, 11) is 0. The molecule has 2 heterocycles. The standard InChI is InChI=1S/C14H9NO3/c16-10-5-2-1-4-9(10)13-8-11(17)14-12(18-13)6-3-7-15-14/h1-8,16H. The second-order valence-electron chi connectivity index (χ2n) is 3.84. The smallest absolute Gasteiger partial charge is 0.211 e. The minimum absolute atomic E-state index is 0.0730.